The van der Waals surface area contributed by atoms with E-state index >= 15 is 0 Å². The number of ether oxygens (including phenoxy) is 1. The van der Waals surface area contributed by atoms with Gasteiger partial charge in [0.2, 0.25) is 0 Å². The van der Waals surface area contributed by atoms with Crippen LogP contribution < -0.4 is 0 Å². The zero-order chi connectivity index (χ0) is 9.47. The molecule has 0 bridgehead atoms. The van der Waals surface area contributed by atoms with Gasteiger partial charge < -0.3 is 4.74 Å². The van der Waals surface area contributed by atoms with E-state index in [-0.39, 0.29) is 12.0 Å². The van der Waals surface area contributed by atoms with E-state index < -0.39 is 5.85 Å². The van der Waals surface area contributed by atoms with Crippen molar-refractivity contribution in [3.8, 4) is 0 Å². The Balaban J connectivity index is 2.32. The van der Waals surface area contributed by atoms with Crippen LogP contribution in [0.2, 0.25) is 0 Å². The van der Waals surface area contributed by atoms with Gasteiger partial charge in [0, 0.05) is 13.8 Å². The summed E-state index contributed by atoms with van der Waals surface area (Å²) in [5, 5.41) is 0. The van der Waals surface area contributed by atoms with E-state index in [9.17, 15) is 4.39 Å². The van der Waals surface area contributed by atoms with Crippen LogP contribution in [-0.2, 0) is 4.74 Å². The molecule has 0 fully saturated rings. The lowest BCUT2D eigenvalue weighted by molar-refractivity contribution is -0.122. The summed E-state index contributed by atoms with van der Waals surface area (Å²) in [6.07, 6.45) is 5.81. The quantitative estimate of drug-likeness (QED) is 0.528. The molecule has 2 nitrogen and oxygen atoms in total. The summed E-state index contributed by atoms with van der Waals surface area (Å²) >= 11 is 0. The van der Waals surface area contributed by atoms with Gasteiger partial charge in [0.05, 0.1) is 12.0 Å². The van der Waals surface area contributed by atoms with Gasteiger partial charge in [-0.05, 0) is 12.8 Å². The fourth-order valence-corrected chi connectivity index (χ4v) is 2.11. The van der Waals surface area contributed by atoms with Gasteiger partial charge in [-0.1, -0.05) is 12.2 Å². The first-order valence-electron chi connectivity index (χ1n) is 4.68. The normalized spacial score (nSPS) is 43.5. The number of hydrogen-bond donors (Lipinski definition) is 0. The second-order valence-electron chi connectivity index (χ2n) is 3.84. The van der Waals surface area contributed by atoms with Gasteiger partial charge in [0.25, 0.3) is 5.85 Å². The lowest BCUT2D eigenvalue weighted by Crippen LogP contribution is -2.45. The molecule has 3 heteroatoms. The fraction of sp³-hybridized carbons (Fsp3) is 0.700. The Bertz CT molecular complexity index is 270. The van der Waals surface area contributed by atoms with Crippen LogP contribution in [0.4, 0.5) is 4.39 Å². The predicted octanol–water partition coefficient (Wildman–Crippen LogP) is 2.46. The van der Waals surface area contributed by atoms with E-state index in [4.69, 9.17) is 4.74 Å². The van der Waals surface area contributed by atoms with Crippen molar-refractivity contribution in [2.75, 3.05) is 0 Å². The first-order chi connectivity index (χ1) is 6.09. The molecule has 0 aromatic rings. The van der Waals surface area contributed by atoms with Crippen LogP contribution in [0.5, 0.6) is 0 Å². The zero-order valence-corrected chi connectivity index (χ0v) is 7.96. The average Bonchev–Trinajstić information content (AvgIpc) is 2.02. The maximum atomic E-state index is 13.9. The molecule has 0 saturated carbocycles. The van der Waals surface area contributed by atoms with E-state index in [0.29, 0.717) is 5.90 Å². The fourth-order valence-electron chi connectivity index (χ4n) is 2.11. The molecule has 1 aliphatic heterocycles. The van der Waals surface area contributed by atoms with Gasteiger partial charge in [-0.3, -0.25) is 0 Å². The third-order valence-electron chi connectivity index (χ3n) is 2.73. The van der Waals surface area contributed by atoms with Gasteiger partial charge in [0.15, 0.2) is 5.90 Å². The Morgan fingerprint density at radius 3 is 3.23 bits per heavy atom. The highest BCUT2D eigenvalue weighted by molar-refractivity contribution is 5.74. The maximum Gasteiger partial charge on any atom is 0.252 e. The van der Waals surface area contributed by atoms with Crippen molar-refractivity contribution in [2.24, 2.45) is 10.9 Å². The molecule has 2 aliphatic rings. The Hall–Kier alpha value is -0.860. The molecule has 2 rings (SSSR count). The number of rotatable bonds is 0. The van der Waals surface area contributed by atoms with E-state index in [1.165, 1.54) is 6.92 Å². The number of allylic oxidation sites excluding steroid dienone is 1. The van der Waals surface area contributed by atoms with E-state index in [2.05, 4.69) is 11.1 Å². The summed E-state index contributed by atoms with van der Waals surface area (Å²) in [6.45, 7) is 3.21. The van der Waals surface area contributed by atoms with E-state index in [1.54, 1.807) is 6.92 Å². The Morgan fingerprint density at radius 1 is 1.69 bits per heavy atom. The number of fused-ring (bicyclic) bond motifs is 1. The number of alkyl halides is 1. The second kappa shape index (κ2) is 2.82. The van der Waals surface area contributed by atoms with Gasteiger partial charge in [-0.15, -0.1) is 0 Å². The minimum absolute atomic E-state index is 0.0162. The molecule has 0 N–H and O–H groups in total. The number of nitrogens with zero attached hydrogens (tertiary/aromatic N) is 1. The molecule has 1 heterocycles. The van der Waals surface area contributed by atoms with Crippen molar-refractivity contribution in [3.05, 3.63) is 12.2 Å². The molecule has 0 amide bonds. The van der Waals surface area contributed by atoms with Gasteiger partial charge in [-0.25, -0.2) is 4.99 Å². The van der Waals surface area contributed by atoms with Crippen LogP contribution in [-0.4, -0.2) is 17.8 Å². The molecule has 72 valence electrons. The highest BCUT2D eigenvalue weighted by Gasteiger charge is 2.44. The topological polar surface area (TPSA) is 21.6 Å². The summed E-state index contributed by atoms with van der Waals surface area (Å²) in [5.74, 6) is -1.19. The molecule has 0 saturated heterocycles. The van der Waals surface area contributed by atoms with Crippen LogP contribution in [0.3, 0.4) is 0 Å². The minimum Gasteiger partial charge on any atom is -0.445 e. The lowest BCUT2D eigenvalue weighted by atomic mass is 9.84. The van der Waals surface area contributed by atoms with Crippen LogP contribution in [0.25, 0.3) is 0 Å². The minimum atomic E-state index is -1.54. The van der Waals surface area contributed by atoms with Gasteiger partial charge in [0.1, 0.15) is 0 Å². The monoisotopic (exact) mass is 183 g/mol. The van der Waals surface area contributed by atoms with Crippen molar-refractivity contribution in [1.82, 2.24) is 0 Å². The third kappa shape index (κ3) is 1.47. The second-order valence-corrected chi connectivity index (χ2v) is 3.84. The van der Waals surface area contributed by atoms with Crippen molar-refractivity contribution in [2.45, 2.75) is 38.6 Å². The Morgan fingerprint density at radius 2 is 2.46 bits per heavy atom. The van der Waals surface area contributed by atoms with Crippen molar-refractivity contribution < 1.29 is 9.13 Å². The van der Waals surface area contributed by atoms with Crippen LogP contribution in [0.1, 0.15) is 26.7 Å². The summed E-state index contributed by atoms with van der Waals surface area (Å²) in [7, 11) is 0. The van der Waals surface area contributed by atoms with Crippen molar-refractivity contribution in [1.29, 1.82) is 0 Å². The largest absolute Gasteiger partial charge is 0.445 e. The molecule has 13 heavy (non-hydrogen) atoms. The first kappa shape index (κ1) is 8.73. The molecule has 0 spiro atoms. The Kier molecular flexibility index (Phi) is 1.90. The van der Waals surface area contributed by atoms with Gasteiger partial charge in [-0.2, -0.15) is 4.39 Å². The SMILES string of the molecule is CC1=N[C@H]2C=CCC[C@H]2[C@](C)(F)O1. The first-order valence-corrected chi connectivity index (χ1v) is 4.68. The smallest absolute Gasteiger partial charge is 0.252 e. The molecular formula is C10H14FNO. The number of aliphatic imine (C=N–C) groups is 1. The molecule has 3 atom stereocenters. The van der Waals surface area contributed by atoms with Crippen molar-refractivity contribution in [3.63, 3.8) is 0 Å². The van der Waals surface area contributed by atoms with Crippen LogP contribution >= 0.6 is 0 Å². The summed E-state index contributed by atoms with van der Waals surface area (Å²) in [4.78, 5) is 4.27. The standard InChI is InChI=1S/C10H14FNO/c1-7-12-9-6-4-3-5-8(9)10(2,11)13-7/h4,6,8-9H,3,5H2,1-2H3/t8-,9+,10-/m1/s1. The van der Waals surface area contributed by atoms with Gasteiger partial charge >= 0.3 is 0 Å². The van der Waals surface area contributed by atoms with Crippen LogP contribution in [0, 0.1) is 5.92 Å². The summed E-state index contributed by atoms with van der Waals surface area (Å²) in [6, 6.07) is -0.0162. The number of hydrogen-bond acceptors (Lipinski definition) is 2. The summed E-state index contributed by atoms with van der Waals surface area (Å²) < 4.78 is 19.0. The summed E-state index contributed by atoms with van der Waals surface area (Å²) in [5.41, 5.74) is 0. The van der Waals surface area contributed by atoms with E-state index in [0.717, 1.165) is 12.8 Å². The maximum absolute atomic E-state index is 13.9. The molecule has 0 aromatic heterocycles. The highest BCUT2D eigenvalue weighted by atomic mass is 19.2. The number of halogens is 1. The van der Waals surface area contributed by atoms with Crippen LogP contribution in [0.15, 0.2) is 17.1 Å². The highest BCUT2D eigenvalue weighted by Crippen LogP contribution is 2.38. The third-order valence-corrected chi connectivity index (χ3v) is 2.73. The molecule has 0 radical (unpaired) electrons. The average molecular weight is 183 g/mol. The molecule has 1 aliphatic carbocycles. The van der Waals surface area contributed by atoms with E-state index in [1.807, 2.05) is 6.08 Å². The molecular weight excluding hydrogens is 169 g/mol. The lowest BCUT2D eigenvalue weighted by Gasteiger charge is -2.38. The Labute approximate surface area is 77.5 Å². The van der Waals surface area contributed by atoms with Crippen molar-refractivity contribution >= 4 is 5.90 Å². The molecule has 0 aromatic carbocycles. The zero-order valence-electron chi connectivity index (χ0n) is 7.96. The predicted molar refractivity (Wildman–Crippen MR) is 49.4 cm³/mol. The molecule has 0 unspecified atom stereocenters.